The van der Waals surface area contributed by atoms with E-state index in [0.717, 1.165) is 5.56 Å². The minimum absolute atomic E-state index is 0.278. The normalized spacial score (nSPS) is 11.4. The van der Waals surface area contributed by atoms with E-state index in [1.54, 1.807) is 48.2 Å². The van der Waals surface area contributed by atoms with Crippen molar-refractivity contribution in [3.63, 3.8) is 0 Å². The van der Waals surface area contributed by atoms with E-state index in [4.69, 9.17) is 14.2 Å². The van der Waals surface area contributed by atoms with Crippen LogP contribution >= 0.6 is 11.8 Å². The summed E-state index contributed by atoms with van der Waals surface area (Å²) in [6.07, 6.45) is 2.29. The lowest BCUT2D eigenvalue weighted by Gasteiger charge is -2.17. The lowest BCUT2D eigenvalue weighted by Crippen LogP contribution is -2.42. The number of nitrogens with one attached hydrogen (secondary N) is 1. The van der Waals surface area contributed by atoms with Crippen LogP contribution in [0.4, 0.5) is 0 Å². The highest BCUT2D eigenvalue weighted by atomic mass is 32.2. The van der Waals surface area contributed by atoms with Crippen molar-refractivity contribution in [3.8, 4) is 11.5 Å². The first-order valence-electron chi connectivity index (χ1n) is 9.68. The molecule has 0 aliphatic rings. The van der Waals surface area contributed by atoms with Gasteiger partial charge >= 0.3 is 5.97 Å². The van der Waals surface area contributed by atoms with Crippen LogP contribution in [0.15, 0.2) is 42.5 Å². The fourth-order valence-corrected chi connectivity index (χ4v) is 3.33. The number of hydrogen-bond acceptors (Lipinski definition) is 7. The number of benzene rings is 2. The Kier molecular flexibility index (Phi) is 9.40. The maximum absolute atomic E-state index is 12.6. The maximum Gasteiger partial charge on any atom is 0.329 e. The number of ketones is 1. The largest absolute Gasteiger partial charge is 0.497 e. The number of methoxy groups -OCH3 is 2. The first kappa shape index (κ1) is 24.3. The molecule has 0 aliphatic carbocycles. The molecule has 2 aromatic carbocycles. The quantitative estimate of drug-likeness (QED) is 0.419. The smallest absolute Gasteiger partial charge is 0.329 e. The van der Waals surface area contributed by atoms with Gasteiger partial charge in [0.25, 0.3) is 5.91 Å². The van der Waals surface area contributed by atoms with E-state index in [1.165, 1.54) is 14.2 Å². The van der Waals surface area contributed by atoms with Crippen LogP contribution in [0.1, 0.15) is 32.7 Å². The first-order chi connectivity index (χ1) is 14.9. The highest BCUT2D eigenvalue weighted by Gasteiger charge is 2.24. The summed E-state index contributed by atoms with van der Waals surface area (Å²) < 4.78 is 15.6. The van der Waals surface area contributed by atoms with Crippen molar-refractivity contribution in [3.05, 3.63) is 59.2 Å². The number of carbonyl (C=O) groups excluding carboxylic acids is 3. The SMILES string of the molecule is COc1ccc(C(=O)COC(=O)[C@@H](CCSC)NC(=O)c2cccc(C)c2)c(OC)c1. The molecule has 0 saturated heterocycles. The minimum atomic E-state index is -0.856. The van der Waals surface area contributed by atoms with E-state index in [9.17, 15) is 14.4 Å². The predicted octanol–water partition coefficient (Wildman–Crippen LogP) is 3.29. The summed E-state index contributed by atoms with van der Waals surface area (Å²) in [5, 5.41) is 2.72. The lowest BCUT2D eigenvalue weighted by molar-refractivity contribution is -0.144. The number of rotatable bonds is 11. The van der Waals surface area contributed by atoms with Gasteiger partial charge in [0.05, 0.1) is 19.8 Å². The number of ether oxygens (including phenoxy) is 3. The molecule has 0 saturated carbocycles. The highest BCUT2D eigenvalue weighted by molar-refractivity contribution is 7.98. The van der Waals surface area contributed by atoms with E-state index < -0.39 is 24.4 Å². The second kappa shape index (κ2) is 12.0. The summed E-state index contributed by atoms with van der Waals surface area (Å²) in [5.74, 6) is 0.0782. The third kappa shape index (κ3) is 7.03. The van der Waals surface area contributed by atoms with Crippen LogP contribution in [0, 0.1) is 6.92 Å². The summed E-state index contributed by atoms with van der Waals surface area (Å²) in [7, 11) is 2.95. The molecule has 2 rings (SSSR count). The molecule has 31 heavy (non-hydrogen) atoms. The first-order valence-corrected chi connectivity index (χ1v) is 11.1. The van der Waals surface area contributed by atoms with Gasteiger partial charge in [-0.1, -0.05) is 17.7 Å². The molecular weight excluding hydrogens is 418 g/mol. The summed E-state index contributed by atoms with van der Waals surface area (Å²) in [4.78, 5) is 37.7. The van der Waals surface area contributed by atoms with Crippen LogP contribution in [0.5, 0.6) is 11.5 Å². The van der Waals surface area contributed by atoms with Crippen molar-refractivity contribution in [1.82, 2.24) is 5.32 Å². The number of aryl methyl sites for hydroxylation is 1. The Balaban J connectivity index is 2.05. The van der Waals surface area contributed by atoms with Gasteiger partial charge in [-0.25, -0.2) is 4.79 Å². The van der Waals surface area contributed by atoms with Crippen LogP contribution in [0.2, 0.25) is 0 Å². The van der Waals surface area contributed by atoms with Crippen LogP contribution in [-0.4, -0.2) is 56.5 Å². The molecule has 0 bridgehead atoms. The van der Waals surface area contributed by atoms with Gasteiger partial charge in [-0.2, -0.15) is 11.8 Å². The molecule has 0 heterocycles. The highest BCUT2D eigenvalue weighted by Crippen LogP contribution is 2.25. The summed E-state index contributed by atoms with van der Waals surface area (Å²) >= 11 is 1.55. The standard InChI is InChI=1S/C23H27NO6S/c1-15-6-5-7-16(12-15)22(26)24-19(10-11-31-4)23(27)30-14-20(25)18-9-8-17(28-2)13-21(18)29-3/h5-9,12-13,19H,10-11,14H2,1-4H3,(H,24,26)/t19-/m1/s1. The number of Topliss-reactive ketones (excluding diaryl/α,β-unsaturated/α-hetero) is 1. The third-order valence-corrected chi connectivity index (χ3v) is 5.18. The summed E-state index contributed by atoms with van der Waals surface area (Å²) in [6.45, 7) is 1.42. The van der Waals surface area contributed by atoms with E-state index in [0.29, 0.717) is 29.2 Å². The van der Waals surface area contributed by atoms with Gasteiger partial charge in [-0.3, -0.25) is 9.59 Å². The average Bonchev–Trinajstić information content (AvgIpc) is 2.79. The fourth-order valence-electron chi connectivity index (χ4n) is 2.86. The molecule has 0 aliphatic heterocycles. The van der Waals surface area contributed by atoms with Crippen molar-refractivity contribution in [2.24, 2.45) is 0 Å². The van der Waals surface area contributed by atoms with Crippen LogP contribution in [-0.2, 0) is 9.53 Å². The van der Waals surface area contributed by atoms with Gasteiger partial charge in [0.15, 0.2) is 6.61 Å². The Labute approximate surface area is 186 Å². The number of carbonyl (C=O) groups is 3. The zero-order chi connectivity index (χ0) is 22.8. The van der Waals surface area contributed by atoms with Gasteiger partial charge in [-0.15, -0.1) is 0 Å². The fraction of sp³-hybridized carbons (Fsp3) is 0.348. The Morgan fingerprint density at radius 3 is 2.48 bits per heavy atom. The summed E-state index contributed by atoms with van der Waals surface area (Å²) in [5.41, 5.74) is 1.68. The Morgan fingerprint density at radius 2 is 1.84 bits per heavy atom. The van der Waals surface area contributed by atoms with Gasteiger partial charge in [0.2, 0.25) is 5.78 Å². The van der Waals surface area contributed by atoms with Gasteiger partial charge in [0, 0.05) is 11.6 Å². The van der Waals surface area contributed by atoms with E-state index in [2.05, 4.69) is 5.32 Å². The molecule has 1 amide bonds. The molecule has 2 aromatic rings. The average molecular weight is 446 g/mol. The van der Waals surface area contributed by atoms with Gasteiger partial charge in [0.1, 0.15) is 17.5 Å². The van der Waals surface area contributed by atoms with Crippen molar-refractivity contribution in [2.45, 2.75) is 19.4 Å². The monoisotopic (exact) mass is 445 g/mol. The molecule has 0 spiro atoms. The Bertz CT molecular complexity index is 930. The van der Waals surface area contributed by atoms with E-state index in [1.807, 2.05) is 19.2 Å². The second-order valence-corrected chi connectivity index (χ2v) is 7.76. The van der Waals surface area contributed by atoms with Gasteiger partial charge < -0.3 is 19.5 Å². The van der Waals surface area contributed by atoms with Crippen LogP contribution in [0.25, 0.3) is 0 Å². The molecule has 1 N–H and O–H groups in total. The van der Waals surface area contributed by atoms with E-state index in [-0.39, 0.29) is 11.5 Å². The third-order valence-electron chi connectivity index (χ3n) is 4.54. The molecule has 166 valence electrons. The number of esters is 1. The maximum atomic E-state index is 12.6. The van der Waals surface area contributed by atoms with Gasteiger partial charge in [-0.05, 0) is 49.6 Å². The van der Waals surface area contributed by atoms with Crippen molar-refractivity contribution in [2.75, 3.05) is 32.8 Å². The zero-order valence-corrected chi connectivity index (χ0v) is 18.9. The van der Waals surface area contributed by atoms with Crippen molar-refractivity contribution >= 4 is 29.4 Å². The van der Waals surface area contributed by atoms with Crippen molar-refractivity contribution in [1.29, 1.82) is 0 Å². The lowest BCUT2D eigenvalue weighted by atomic mass is 10.1. The molecular formula is C23H27NO6S. The zero-order valence-electron chi connectivity index (χ0n) is 18.1. The van der Waals surface area contributed by atoms with Crippen molar-refractivity contribution < 1.29 is 28.6 Å². The summed E-state index contributed by atoms with van der Waals surface area (Å²) in [6, 6.07) is 11.0. The molecule has 1 atom stereocenters. The molecule has 0 radical (unpaired) electrons. The minimum Gasteiger partial charge on any atom is -0.497 e. The molecule has 7 nitrogen and oxygen atoms in total. The Morgan fingerprint density at radius 1 is 1.06 bits per heavy atom. The number of amides is 1. The second-order valence-electron chi connectivity index (χ2n) is 6.77. The van der Waals surface area contributed by atoms with E-state index >= 15 is 0 Å². The van der Waals surface area contributed by atoms with Crippen LogP contribution in [0.3, 0.4) is 0 Å². The number of hydrogen-bond donors (Lipinski definition) is 1. The van der Waals surface area contributed by atoms with Crippen LogP contribution < -0.4 is 14.8 Å². The molecule has 0 aromatic heterocycles. The predicted molar refractivity (Wildman–Crippen MR) is 120 cm³/mol. The Hall–Kier alpha value is -3.00. The molecule has 8 heteroatoms. The molecule has 0 unspecified atom stereocenters. The number of thioether (sulfide) groups is 1. The topological polar surface area (TPSA) is 90.9 Å². The molecule has 0 fully saturated rings.